The average molecular weight is 371 g/mol. The van der Waals surface area contributed by atoms with E-state index in [1.807, 2.05) is 12.1 Å². The van der Waals surface area contributed by atoms with Gasteiger partial charge >= 0.3 is 0 Å². The molecule has 5 nitrogen and oxygen atoms in total. The van der Waals surface area contributed by atoms with Gasteiger partial charge in [0.05, 0.1) is 23.1 Å². The number of rotatable bonds is 4. The molecule has 7 heteroatoms. The quantitative estimate of drug-likeness (QED) is 0.898. The number of hydrogen-bond donors (Lipinski definition) is 1. The number of aromatic nitrogens is 1. The highest BCUT2D eigenvalue weighted by Crippen LogP contribution is 2.25. The number of benzene rings is 1. The maximum Gasteiger partial charge on any atom is 0.235 e. The monoisotopic (exact) mass is 370 g/mol. The topological polar surface area (TPSA) is 68.3 Å². The Balaban J connectivity index is 1.87. The molecule has 1 saturated heterocycles. The molecule has 1 N–H and O–H groups in total. The Hall–Kier alpha value is -1.18. The second-order valence-electron chi connectivity index (χ2n) is 5.05. The van der Waals surface area contributed by atoms with E-state index in [4.69, 9.17) is 4.74 Å². The number of nitrogens with zero attached hydrogens (tertiary/aromatic N) is 1. The number of anilines is 1. The second-order valence-corrected chi connectivity index (χ2v) is 7.73. The number of fused-ring (bicyclic) bond motifs is 1. The van der Waals surface area contributed by atoms with Gasteiger partial charge in [0.15, 0.2) is 0 Å². The molecule has 0 spiro atoms. The molecule has 3 rings (SSSR count). The van der Waals surface area contributed by atoms with E-state index in [0.29, 0.717) is 17.8 Å². The SMILES string of the molecule is O=S(=O)(CC1CCCO1)Nc1cccc2cc(Br)cnc12. The highest BCUT2D eigenvalue weighted by atomic mass is 79.9. The summed E-state index contributed by atoms with van der Waals surface area (Å²) in [5, 5.41) is 0.877. The Bertz CT molecular complexity index is 758. The number of nitrogens with one attached hydrogen (secondary N) is 1. The summed E-state index contributed by atoms with van der Waals surface area (Å²) in [7, 11) is -3.45. The first-order chi connectivity index (χ1) is 10.0. The van der Waals surface area contributed by atoms with Gasteiger partial charge in [0.2, 0.25) is 10.0 Å². The third-order valence-electron chi connectivity index (χ3n) is 3.37. The van der Waals surface area contributed by atoms with Crippen LogP contribution in [0.4, 0.5) is 5.69 Å². The molecule has 0 saturated carbocycles. The molecule has 0 amide bonds. The molecule has 0 aliphatic carbocycles. The first kappa shape index (κ1) is 14.7. The first-order valence-corrected chi connectivity index (χ1v) is 9.14. The molecule has 2 aromatic rings. The smallest absolute Gasteiger partial charge is 0.235 e. The summed E-state index contributed by atoms with van der Waals surface area (Å²) < 4.78 is 33.3. The van der Waals surface area contributed by atoms with E-state index < -0.39 is 10.0 Å². The Labute approximate surface area is 131 Å². The number of para-hydroxylation sites is 1. The van der Waals surface area contributed by atoms with Crippen molar-refractivity contribution < 1.29 is 13.2 Å². The second kappa shape index (κ2) is 5.90. The van der Waals surface area contributed by atoms with Crippen LogP contribution in [0.1, 0.15) is 12.8 Å². The largest absolute Gasteiger partial charge is 0.377 e. The lowest BCUT2D eigenvalue weighted by Crippen LogP contribution is -2.25. The number of sulfonamides is 1. The number of ether oxygens (including phenoxy) is 1. The van der Waals surface area contributed by atoms with Crippen molar-refractivity contribution in [2.24, 2.45) is 0 Å². The predicted octanol–water partition coefficient (Wildman–Crippen LogP) is 2.92. The zero-order chi connectivity index (χ0) is 14.9. The van der Waals surface area contributed by atoms with Crippen LogP contribution < -0.4 is 4.72 Å². The van der Waals surface area contributed by atoms with Crippen LogP contribution in [-0.2, 0) is 14.8 Å². The van der Waals surface area contributed by atoms with Gasteiger partial charge in [-0.05, 0) is 40.9 Å². The number of pyridine rings is 1. The number of hydrogen-bond acceptors (Lipinski definition) is 4. The lowest BCUT2D eigenvalue weighted by molar-refractivity contribution is 0.127. The van der Waals surface area contributed by atoms with Gasteiger partial charge in [0.1, 0.15) is 0 Å². The fourth-order valence-electron chi connectivity index (χ4n) is 2.45. The predicted molar refractivity (Wildman–Crippen MR) is 85.8 cm³/mol. The molecule has 1 aromatic carbocycles. The van der Waals surface area contributed by atoms with Gasteiger partial charge < -0.3 is 4.74 Å². The third-order valence-corrected chi connectivity index (χ3v) is 5.15. The first-order valence-electron chi connectivity index (χ1n) is 6.70. The molecule has 0 bridgehead atoms. The molecule has 1 unspecified atom stereocenters. The van der Waals surface area contributed by atoms with Gasteiger partial charge in [-0.25, -0.2) is 8.42 Å². The van der Waals surface area contributed by atoms with Crippen LogP contribution in [0.15, 0.2) is 34.9 Å². The van der Waals surface area contributed by atoms with E-state index in [2.05, 4.69) is 25.6 Å². The Kier molecular flexibility index (Phi) is 4.14. The van der Waals surface area contributed by atoms with Crippen molar-refractivity contribution in [1.29, 1.82) is 0 Å². The molecule has 21 heavy (non-hydrogen) atoms. The Morgan fingerprint density at radius 1 is 1.43 bits per heavy atom. The van der Waals surface area contributed by atoms with Crippen molar-refractivity contribution in [2.75, 3.05) is 17.1 Å². The molecular formula is C14H15BrN2O3S. The summed E-state index contributed by atoms with van der Waals surface area (Å²) in [6.07, 6.45) is 3.16. The summed E-state index contributed by atoms with van der Waals surface area (Å²) >= 11 is 3.36. The van der Waals surface area contributed by atoms with Crippen LogP contribution in [0.3, 0.4) is 0 Å². The van der Waals surface area contributed by atoms with Crippen LogP contribution in [-0.4, -0.2) is 31.9 Å². The van der Waals surface area contributed by atoms with Gasteiger partial charge in [0.25, 0.3) is 0 Å². The molecule has 1 atom stereocenters. The summed E-state index contributed by atoms with van der Waals surface area (Å²) in [6, 6.07) is 7.32. The van der Waals surface area contributed by atoms with Crippen LogP contribution in [0.5, 0.6) is 0 Å². The average Bonchev–Trinajstić information content (AvgIpc) is 2.90. The highest BCUT2D eigenvalue weighted by Gasteiger charge is 2.23. The van der Waals surface area contributed by atoms with Gasteiger partial charge in [-0.3, -0.25) is 9.71 Å². The maximum atomic E-state index is 12.2. The molecule has 112 valence electrons. The van der Waals surface area contributed by atoms with E-state index >= 15 is 0 Å². The molecule has 1 fully saturated rings. The Morgan fingerprint density at radius 3 is 3.05 bits per heavy atom. The Morgan fingerprint density at radius 2 is 2.29 bits per heavy atom. The van der Waals surface area contributed by atoms with Crippen LogP contribution in [0.25, 0.3) is 10.9 Å². The zero-order valence-electron chi connectivity index (χ0n) is 11.3. The van der Waals surface area contributed by atoms with E-state index in [1.165, 1.54) is 0 Å². The zero-order valence-corrected chi connectivity index (χ0v) is 13.7. The van der Waals surface area contributed by atoms with Crippen molar-refractivity contribution in [2.45, 2.75) is 18.9 Å². The van der Waals surface area contributed by atoms with Crippen LogP contribution in [0.2, 0.25) is 0 Å². The van der Waals surface area contributed by atoms with Crippen molar-refractivity contribution >= 4 is 42.5 Å². The van der Waals surface area contributed by atoms with E-state index in [0.717, 1.165) is 22.7 Å². The van der Waals surface area contributed by atoms with E-state index in [-0.39, 0.29) is 11.9 Å². The molecule has 1 aromatic heterocycles. The van der Waals surface area contributed by atoms with Crippen molar-refractivity contribution in [3.05, 3.63) is 34.9 Å². The fraction of sp³-hybridized carbons (Fsp3) is 0.357. The molecule has 1 aliphatic rings. The number of halogens is 1. The molecule has 1 aliphatic heterocycles. The van der Waals surface area contributed by atoms with E-state index in [1.54, 1.807) is 18.3 Å². The van der Waals surface area contributed by atoms with Crippen LogP contribution >= 0.6 is 15.9 Å². The van der Waals surface area contributed by atoms with Gasteiger partial charge in [-0.15, -0.1) is 0 Å². The van der Waals surface area contributed by atoms with E-state index in [9.17, 15) is 8.42 Å². The van der Waals surface area contributed by atoms with Crippen LogP contribution in [0, 0.1) is 0 Å². The minimum atomic E-state index is -3.45. The summed E-state index contributed by atoms with van der Waals surface area (Å²) in [5.74, 6) is -0.0140. The molecule has 2 heterocycles. The van der Waals surface area contributed by atoms with Crippen molar-refractivity contribution in [3.63, 3.8) is 0 Å². The normalized spacial score (nSPS) is 19.0. The maximum absolute atomic E-state index is 12.2. The van der Waals surface area contributed by atoms with Gasteiger partial charge in [-0.1, -0.05) is 12.1 Å². The van der Waals surface area contributed by atoms with Crippen molar-refractivity contribution in [1.82, 2.24) is 4.98 Å². The highest BCUT2D eigenvalue weighted by molar-refractivity contribution is 9.10. The minimum absolute atomic E-state index is 0.0140. The fourth-order valence-corrected chi connectivity index (χ4v) is 4.13. The lowest BCUT2D eigenvalue weighted by atomic mass is 10.2. The molecule has 0 radical (unpaired) electrons. The minimum Gasteiger partial charge on any atom is -0.377 e. The van der Waals surface area contributed by atoms with Crippen molar-refractivity contribution in [3.8, 4) is 0 Å². The molecular weight excluding hydrogens is 356 g/mol. The van der Waals surface area contributed by atoms with Gasteiger partial charge in [0, 0.05) is 22.7 Å². The summed E-state index contributed by atoms with van der Waals surface area (Å²) in [6.45, 7) is 0.643. The van der Waals surface area contributed by atoms with Gasteiger partial charge in [-0.2, -0.15) is 0 Å². The summed E-state index contributed by atoms with van der Waals surface area (Å²) in [4.78, 5) is 4.29. The third kappa shape index (κ3) is 3.53. The standard InChI is InChI=1S/C14H15BrN2O3S/c15-11-7-10-3-1-5-13(14(10)16-8-11)17-21(18,19)9-12-4-2-6-20-12/h1,3,5,7-8,12,17H,2,4,6,9H2. The lowest BCUT2D eigenvalue weighted by Gasteiger charge is -2.13. The summed E-state index contributed by atoms with van der Waals surface area (Å²) in [5.41, 5.74) is 1.13.